The van der Waals surface area contributed by atoms with E-state index in [1.165, 1.54) is 25.7 Å². The smallest absolute Gasteiger partial charge is 0.114 e. The fourth-order valence-corrected chi connectivity index (χ4v) is 2.46. The molecule has 1 saturated heterocycles. The Bertz CT molecular complexity index is 271. The molecule has 1 aliphatic rings. The molecular formula is C16H30O5. The zero-order valence-corrected chi connectivity index (χ0v) is 12.8. The number of allylic oxidation sites excluding steroid dienone is 1. The molecule has 0 aromatic carbocycles. The molecule has 0 amide bonds. The Balaban J connectivity index is 1.91. The van der Waals surface area contributed by atoms with Gasteiger partial charge in [-0.05, 0) is 19.3 Å². The first kappa shape index (κ1) is 18.6. The van der Waals surface area contributed by atoms with E-state index in [2.05, 4.69) is 6.58 Å². The van der Waals surface area contributed by atoms with Gasteiger partial charge >= 0.3 is 0 Å². The largest absolute Gasteiger partial charge is 0.388 e. The Morgan fingerprint density at radius 3 is 2.43 bits per heavy atom. The van der Waals surface area contributed by atoms with Crippen molar-refractivity contribution >= 4 is 0 Å². The summed E-state index contributed by atoms with van der Waals surface area (Å²) in [5.74, 6) is 0. The van der Waals surface area contributed by atoms with Crippen LogP contribution >= 0.6 is 0 Å². The lowest BCUT2D eigenvalue weighted by Crippen LogP contribution is -2.40. The molecule has 5 heteroatoms. The van der Waals surface area contributed by atoms with E-state index >= 15 is 0 Å². The summed E-state index contributed by atoms with van der Waals surface area (Å²) >= 11 is 0. The molecule has 5 nitrogen and oxygen atoms in total. The van der Waals surface area contributed by atoms with Crippen LogP contribution in [0.5, 0.6) is 0 Å². The SMILES string of the molecule is C=CCCCCCCCCOC[C@H](O)[C@@H]1OC[C@@H](O)[C@@H]1O. The number of ether oxygens (including phenoxy) is 2. The molecule has 4 atom stereocenters. The number of unbranched alkanes of at least 4 members (excludes halogenated alkanes) is 6. The van der Waals surface area contributed by atoms with E-state index in [0.717, 1.165) is 19.3 Å². The topological polar surface area (TPSA) is 79.2 Å². The third-order valence-electron chi connectivity index (χ3n) is 3.81. The first-order valence-corrected chi connectivity index (χ1v) is 8.01. The van der Waals surface area contributed by atoms with Gasteiger partial charge in [0.15, 0.2) is 0 Å². The minimum Gasteiger partial charge on any atom is -0.388 e. The van der Waals surface area contributed by atoms with Gasteiger partial charge in [-0.3, -0.25) is 0 Å². The number of hydrogen-bond donors (Lipinski definition) is 3. The van der Waals surface area contributed by atoms with Gasteiger partial charge in [0, 0.05) is 6.61 Å². The molecule has 1 fully saturated rings. The molecule has 1 heterocycles. The summed E-state index contributed by atoms with van der Waals surface area (Å²) in [5, 5.41) is 28.8. The van der Waals surface area contributed by atoms with Crippen molar-refractivity contribution in [2.75, 3.05) is 19.8 Å². The maximum atomic E-state index is 9.83. The molecule has 3 N–H and O–H groups in total. The van der Waals surface area contributed by atoms with Gasteiger partial charge < -0.3 is 24.8 Å². The van der Waals surface area contributed by atoms with Gasteiger partial charge in [0.05, 0.1) is 13.2 Å². The molecule has 0 aromatic rings. The average molecular weight is 302 g/mol. The molecule has 1 aliphatic heterocycles. The molecule has 0 radical (unpaired) electrons. The van der Waals surface area contributed by atoms with E-state index in [9.17, 15) is 15.3 Å². The van der Waals surface area contributed by atoms with E-state index in [1.807, 2.05) is 6.08 Å². The summed E-state index contributed by atoms with van der Waals surface area (Å²) in [7, 11) is 0. The van der Waals surface area contributed by atoms with Crippen LogP contribution in [0.3, 0.4) is 0 Å². The Labute approximate surface area is 127 Å². The van der Waals surface area contributed by atoms with Crippen LogP contribution in [-0.4, -0.2) is 59.6 Å². The number of aliphatic hydroxyl groups excluding tert-OH is 3. The second-order valence-electron chi connectivity index (χ2n) is 5.70. The van der Waals surface area contributed by atoms with Crippen LogP contribution in [0.25, 0.3) is 0 Å². The van der Waals surface area contributed by atoms with Gasteiger partial charge in [-0.25, -0.2) is 0 Å². The molecule has 0 aromatic heterocycles. The van der Waals surface area contributed by atoms with Crippen LogP contribution in [0.15, 0.2) is 12.7 Å². The average Bonchev–Trinajstić information content (AvgIpc) is 2.81. The highest BCUT2D eigenvalue weighted by Crippen LogP contribution is 2.17. The quantitative estimate of drug-likeness (QED) is 0.375. The molecule has 124 valence electrons. The lowest BCUT2D eigenvalue weighted by atomic mass is 10.1. The molecule has 0 unspecified atom stereocenters. The monoisotopic (exact) mass is 302 g/mol. The Hall–Kier alpha value is -0.460. The van der Waals surface area contributed by atoms with Crippen molar-refractivity contribution in [2.24, 2.45) is 0 Å². The molecule has 0 aliphatic carbocycles. The maximum absolute atomic E-state index is 9.83. The maximum Gasteiger partial charge on any atom is 0.114 e. The van der Waals surface area contributed by atoms with Crippen LogP contribution in [0.4, 0.5) is 0 Å². The van der Waals surface area contributed by atoms with E-state index in [4.69, 9.17) is 9.47 Å². The van der Waals surface area contributed by atoms with Gasteiger partial charge in [0.2, 0.25) is 0 Å². The predicted molar refractivity (Wildman–Crippen MR) is 81.1 cm³/mol. The Morgan fingerprint density at radius 2 is 1.81 bits per heavy atom. The van der Waals surface area contributed by atoms with Crippen molar-refractivity contribution < 1.29 is 24.8 Å². The fraction of sp³-hybridized carbons (Fsp3) is 0.875. The van der Waals surface area contributed by atoms with E-state index in [0.29, 0.717) is 6.61 Å². The summed E-state index contributed by atoms with van der Waals surface area (Å²) in [6.45, 7) is 4.51. The van der Waals surface area contributed by atoms with Crippen LogP contribution in [0, 0.1) is 0 Å². The zero-order chi connectivity index (χ0) is 15.5. The second kappa shape index (κ2) is 11.2. The first-order chi connectivity index (χ1) is 10.2. The predicted octanol–water partition coefficient (Wildman–Crippen LogP) is 1.40. The Kier molecular flexibility index (Phi) is 9.87. The highest BCUT2D eigenvalue weighted by atomic mass is 16.5. The third kappa shape index (κ3) is 7.38. The van der Waals surface area contributed by atoms with Crippen molar-refractivity contribution in [3.05, 3.63) is 12.7 Å². The van der Waals surface area contributed by atoms with Gasteiger partial charge in [0.1, 0.15) is 24.4 Å². The van der Waals surface area contributed by atoms with Crippen LogP contribution < -0.4 is 0 Å². The van der Waals surface area contributed by atoms with E-state index in [-0.39, 0.29) is 13.2 Å². The van der Waals surface area contributed by atoms with Crippen molar-refractivity contribution in [3.8, 4) is 0 Å². The lowest BCUT2D eigenvalue weighted by Gasteiger charge is -2.20. The number of hydrogen-bond acceptors (Lipinski definition) is 5. The van der Waals surface area contributed by atoms with Crippen molar-refractivity contribution in [1.82, 2.24) is 0 Å². The summed E-state index contributed by atoms with van der Waals surface area (Å²) in [4.78, 5) is 0. The second-order valence-corrected chi connectivity index (χ2v) is 5.70. The van der Waals surface area contributed by atoms with Crippen molar-refractivity contribution in [2.45, 2.75) is 69.4 Å². The highest BCUT2D eigenvalue weighted by Gasteiger charge is 2.39. The summed E-state index contributed by atoms with van der Waals surface area (Å²) < 4.78 is 10.5. The standard InChI is InChI=1S/C16H30O5/c1-2-3-4-5-6-7-8-9-10-20-11-14(18)16-15(19)13(17)12-21-16/h2,13-19H,1,3-12H2/t13-,14+,15+,16+/m1/s1. The summed E-state index contributed by atoms with van der Waals surface area (Å²) in [6.07, 6.45) is 6.53. The molecule has 1 rings (SSSR count). The molecular weight excluding hydrogens is 272 g/mol. The van der Waals surface area contributed by atoms with Crippen LogP contribution in [0.1, 0.15) is 44.9 Å². The molecule has 21 heavy (non-hydrogen) atoms. The highest BCUT2D eigenvalue weighted by molar-refractivity contribution is 4.87. The van der Waals surface area contributed by atoms with Crippen LogP contribution in [0.2, 0.25) is 0 Å². The van der Waals surface area contributed by atoms with E-state index < -0.39 is 24.4 Å². The van der Waals surface area contributed by atoms with E-state index in [1.54, 1.807) is 0 Å². The fourth-order valence-electron chi connectivity index (χ4n) is 2.46. The third-order valence-corrected chi connectivity index (χ3v) is 3.81. The van der Waals surface area contributed by atoms with Crippen molar-refractivity contribution in [3.63, 3.8) is 0 Å². The van der Waals surface area contributed by atoms with Crippen LogP contribution in [-0.2, 0) is 9.47 Å². The minimum atomic E-state index is -1.03. The van der Waals surface area contributed by atoms with Gasteiger partial charge in [0.25, 0.3) is 0 Å². The van der Waals surface area contributed by atoms with Gasteiger partial charge in [-0.2, -0.15) is 0 Å². The van der Waals surface area contributed by atoms with Crippen molar-refractivity contribution in [1.29, 1.82) is 0 Å². The molecule has 0 spiro atoms. The lowest BCUT2D eigenvalue weighted by molar-refractivity contribution is -0.0813. The molecule has 0 bridgehead atoms. The number of rotatable bonds is 12. The Morgan fingerprint density at radius 1 is 1.14 bits per heavy atom. The first-order valence-electron chi connectivity index (χ1n) is 8.01. The molecule has 0 saturated carbocycles. The minimum absolute atomic E-state index is 0.0642. The summed E-state index contributed by atoms with van der Waals surface area (Å²) in [6, 6.07) is 0. The normalized spacial score (nSPS) is 26.9. The summed E-state index contributed by atoms with van der Waals surface area (Å²) in [5.41, 5.74) is 0. The van der Waals surface area contributed by atoms with Gasteiger partial charge in [-0.1, -0.05) is 31.8 Å². The zero-order valence-electron chi connectivity index (χ0n) is 12.8. The number of aliphatic hydroxyl groups is 3. The van der Waals surface area contributed by atoms with Gasteiger partial charge in [-0.15, -0.1) is 6.58 Å².